The third kappa shape index (κ3) is 6.87. The van der Waals surface area contributed by atoms with E-state index in [1.807, 2.05) is 0 Å². The van der Waals surface area contributed by atoms with Gasteiger partial charge >= 0.3 is 0 Å². The molecule has 0 aliphatic rings. The Balaban J connectivity index is 1.40. The van der Waals surface area contributed by atoms with Crippen LogP contribution in [0.2, 0.25) is 0 Å². The summed E-state index contributed by atoms with van der Waals surface area (Å²) in [5, 5.41) is 49.3. The van der Waals surface area contributed by atoms with Crippen LogP contribution in [0.15, 0.2) is 84.9 Å². The number of carbonyl (C=O) groups is 2. The Morgan fingerprint density at radius 1 is 0.512 bits per heavy atom. The van der Waals surface area contributed by atoms with E-state index in [4.69, 9.17) is 4.74 Å². The maximum absolute atomic E-state index is 12.6. The first-order chi connectivity index (χ1) is 20.4. The monoisotopic (exact) mass is 588 g/mol. The molecule has 0 aliphatic heterocycles. The molecule has 0 atom stereocenters. The zero-order valence-electron chi connectivity index (χ0n) is 21.4. The lowest BCUT2D eigenvalue weighted by Crippen LogP contribution is -2.14. The van der Waals surface area contributed by atoms with Crippen molar-refractivity contribution < 1.29 is 34.0 Å². The van der Waals surface area contributed by atoms with Crippen LogP contribution in [0.25, 0.3) is 0 Å². The van der Waals surface area contributed by atoms with Crippen molar-refractivity contribution in [1.82, 2.24) is 0 Å². The molecule has 0 fully saturated rings. The van der Waals surface area contributed by atoms with E-state index in [2.05, 4.69) is 10.6 Å². The predicted molar refractivity (Wildman–Crippen MR) is 148 cm³/mol. The van der Waals surface area contributed by atoms with Gasteiger partial charge in [0.25, 0.3) is 34.6 Å². The first-order valence-corrected chi connectivity index (χ1v) is 11.8. The van der Waals surface area contributed by atoms with Crippen LogP contribution < -0.4 is 15.4 Å². The highest BCUT2D eigenvalue weighted by Crippen LogP contribution is 2.29. The standard InChI is InChI=1S/C26H16N6O11/c33-25(21-11-5-17(29(35)36)13-23(21)31(39)40)27-15-1-7-19(8-2-15)43-20-9-3-16(4-10-20)28-26(34)22-12-6-18(30(37)38)14-24(22)32(41)42/h1-14H,(H,27,33)(H,28,34). The summed E-state index contributed by atoms with van der Waals surface area (Å²) >= 11 is 0. The summed E-state index contributed by atoms with van der Waals surface area (Å²) in [7, 11) is 0. The van der Waals surface area contributed by atoms with Crippen LogP contribution in [0.1, 0.15) is 20.7 Å². The Labute approximate surface area is 238 Å². The Morgan fingerprint density at radius 3 is 1.16 bits per heavy atom. The number of hydrogen-bond acceptors (Lipinski definition) is 11. The fraction of sp³-hybridized carbons (Fsp3) is 0. The molecule has 4 aromatic rings. The van der Waals surface area contributed by atoms with Crippen molar-refractivity contribution in [3.05, 3.63) is 137 Å². The highest BCUT2D eigenvalue weighted by atomic mass is 16.6. The van der Waals surface area contributed by atoms with Gasteiger partial charge in [-0.1, -0.05) is 0 Å². The molecule has 0 bridgehead atoms. The quantitative estimate of drug-likeness (QED) is 0.170. The van der Waals surface area contributed by atoms with Crippen LogP contribution in [-0.4, -0.2) is 31.5 Å². The van der Waals surface area contributed by atoms with Crippen molar-refractivity contribution in [1.29, 1.82) is 0 Å². The molecule has 0 saturated heterocycles. The smallest absolute Gasteiger partial charge is 0.289 e. The van der Waals surface area contributed by atoms with Crippen LogP contribution in [0.5, 0.6) is 11.5 Å². The number of nitro groups is 4. The Morgan fingerprint density at radius 2 is 0.860 bits per heavy atom. The van der Waals surface area contributed by atoms with Gasteiger partial charge in [-0.2, -0.15) is 0 Å². The van der Waals surface area contributed by atoms with Gasteiger partial charge in [0.1, 0.15) is 22.6 Å². The van der Waals surface area contributed by atoms with E-state index in [1.54, 1.807) is 0 Å². The maximum atomic E-state index is 12.6. The van der Waals surface area contributed by atoms with Gasteiger partial charge in [-0.3, -0.25) is 50.0 Å². The van der Waals surface area contributed by atoms with Gasteiger partial charge < -0.3 is 15.4 Å². The fourth-order valence-electron chi connectivity index (χ4n) is 3.70. The van der Waals surface area contributed by atoms with Crippen molar-refractivity contribution in [2.75, 3.05) is 10.6 Å². The summed E-state index contributed by atoms with van der Waals surface area (Å²) in [6.07, 6.45) is 0. The van der Waals surface area contributed by atoms with Crippen molar-refractivity contribution in [3.63, 3.8) is 0 Å². The minimum absolute atomic E-state index is 0.253. The highest BCUT2D eigenvalue weighted by Gasteiger charge is 2.25. The largest absolute Gasteiger partial charge is 0.457 e. The average molecular weight is 588 g/mol. The number of hydrogen-bond donors (Lipinski definition) is 2. The molecule has 17 nitrogen and oxygen atoms in total. The van der Waals surface area contributed by atoms with Gasteiger partial charge in [0.2, 0.25) is 0 Å². The molecule has 0 saturated carbocycles. The number of amides is 2. The number of benzene rings is 4. The van der Waals surface area contributed by atoms with Crippen LogP contribution in [0.4, 0.5) is 34.1 Å². The molecule has 0 radical (unpaired) electrons. The highest BCUT2D eigenvalue weighted by molar-refractivity contribution is 6.08. The van der Waals surface area contributed by atoms with Crippen molar-refractivity contribution >= 4 is 45.9 Å². The number of nitro benzene ring substituents is 4. The molecular formula is C26H16N6O11. The third-order valence-corrected chi connectivity index (χ3v) is 5.73. The minimum Gasteiger partial charge on any atom is -0.457 e. The lowest BCUT2D eigenvalue weighted by Gasteiger charge is -2.10. The number of carbonyl (C=O) groups excluding carboxylic acids is 2. The normalized spacial score (nSPS) is 10.3. The molecule has 0 aromatic heterocycles. The average Bonchev–Trinajstić information content (AvgIpc) is 2.98. The number of anilines is 2. The van der Waals surface area contributed by atoms with E-state index < -0.39 is 54.3 Å². The molecule has 0 heterocycles. The number of non-ortho nitro benzene ring substituents is 2. The van der Waals surface area contributed by atoms with Crippen LogP contribution in [0, 0.1) is 40.5 Å². The van der Waals surface area contributed by atoms with Crippen LogP contribution >= 0.6 is 0 Å². The van der Waals surface area contributed by atoms with Crippen molar-refractivity contribution in [3.8, 4) is 11.5 Å². The van der Waals surface area contributed by atoms with Gasteiger partial charge in [0, 0.05) is 23.5 Å². The summed E-state index contributed by atoms with van der Waals surface area (Å²) in [6.45, 7) is 0. The molecule has 4 aromatic carbocycles. The molecule has 43 heavy (non-hydrogen) atoms. The summed E-state index contributed by atoms with van der Waals surface area (Å²) < 4.78 is 5.71. The summed E-state index contributed by atoms with van der Waals surface area (Å²) in [6, 6.07) is 17.1. The number of nitrogens with one attached hydrogen (secondary N) is 2. The minimum atomic E-state index is -0.894. The number of rotatable bonds is 10. The van der Waals surface area contributed by atoms with Gasteiger partial charge in [-0.25, -0.2) is 0 Å². The second-order valence-electron chi connectivity index (χ2n) is 8.49. The molecule has 2 amide bonds. The molecular weight excluding hydrogens is 572 g/mol. The first-order valence-electron chi connectivity index (χ1n) is 11.8. The summed E-state index contributed by atoms with van der Waals surface area (Å²) in [4.78, 5) is 66.1. The Kier molecular flexibility index (Phi) is 8.27. The Bertz CT molecular complexity index is 1660. The molecule has 4 rings (SSSR count). The van der Waals surface area contributed by atoms with Gasteiger partial charge in [0.05, 0.1) is 31.8 Å². The summed E-state index contributed by atoms with van der Waals surface area (Å²) in [5.74, 6) is -1.05. The molecule has 0 aliphatic carbocycles. The molecule has 216 valence electrons. The second kappa shape index (κ2) is 12.2. The number of nitrogens with zero attached hydrogens (tertiary/aromatic N) is 4. The molecule has 0 spiro atoms. The topological polar surface area (TPSA) is 240 Å². The zero-order valence-corrected chi connectivity index (χ0v) is 21.4. The van der Waals surface area contributed by atoms with E-state index in [0.717, 1.165) is 24.3 Å². The van der Waals surface area contributed by atoms with E-state index in [9.17, 15) is 50.0 Å². The molecule has 2 N–H and O–H groups in total. The predicted octanol–water partition coefficient (Wildman–Crippen LogP) is 5.62. The maximum Gasteiger partial charge on any atom is 0.289 e. The molecule has 17 heteroatoms. The first kappa shape index (κ1) is 29.2. The lowest BCUT2D eigenvalue weighted by atomic mass is 10.1. The van der Waals surface area contributed by atoms with Crippen molar-refractivity contribution in [2.45, 2.75) is 0 Å². The Hall–Kier alpha value is -6.78. The second-order valence-corrected chi connectivity index (χ2v) is 8.49. The van der Waals surface area contributed by atoms with Gasteiger partial charge in [0.15, 0.2) is 0 Å². The number of ether oxygens (including phenoxy) is 1. The van der Waals surface area contributed by atoms with E-state index in [0.29, 0.717) is 23.6 Å². The lowest BCUT2D eigenvalue weighted by molar-refractivity contribution is -0.394. The van der Waals surface area contributed by atoms with Gasteiger partial charge in [-0.05, 0) is 60.7 Å². The van der Waals surface area contributed by atoms with Crippen molar-refractivity contribution in [2.24, 2.45) is 0 Å². The zero-order chi connectivity index (χ0) is 31.3. The fourth-order valence-corrected chi connectivity index (χ4v) is 3.70. The SMILES string of the molecule is O=C(Nc1ccc(Oc2ccc(NC(=O)c3ccc([N+](=O)[O-])cc3[N+](=O)[O-])cc2)cc1)c1ccc([N+](=O)[O-])cc1[N+](=O)[O-]. The molecule has 0 unspecified atom stereocenters. The summed E-state index contributed by atoms with van der Waals surface area (Å²) in [5.41, 5.74) is -2.75. The van der Waals surface area contributed by atoms with Gasteiger partial charge in [-0.15, -0.1) is 0 Å². The van der Waals surface area contributed by atoms with Crippen LogP contribution in [-0.2, 0) is 0 Å². The third-order valence-electron chi connectivity index (χ3n) is 5.73. The van der Waals surface area contributed by atoms with E-state index in [1.165, 1.54) is 48.5 Å². The van der Waals surface area contributed by atoms with E-state index in [-0.39, 0.29) is 22.5 Å². The van der Waals surface area contributed by atoms with Crippen LogP contribution in [0.3, 0.4) is 0 Å². The van der Waals surface area contributed by atoms with E-state index >= 15 is 0 Å².